The molecule has 7 heteroatoms. The van der Waals surface area contributed by atoms with Gasteiger partial charge in [-0.05, 0) is 19.3 Å². The first kappa shape index (κ1) is 14.5. The van der Waals surface area contributed by atoms with Crippen molar-refractivity contribution in [2.45, 2.75) is 50.5 Å². The summed E-state index contributed by atoms with van der Waals surface area (Å²) in [5.41, 5.74) is -0.637. The van der Waals surface area contributed by atoms with Gasteiger partial charge in [0.2, 0.25) is 17.7 Å². The molecule has 0 spiro atoms. The van der Waals surface area contributed by atoms with Gasteiger partial charge in [0.15, 0.2) is 0 Å². The number of nitrogens with zero attached hydrogens (tertiary/aromatic N) is 1. The van der Waals surface area contributed by atoms with Crippen LogP contribution in [0.5, 0.6) is 0 Å². The average Bonchev–Trinajstić information content (AvgIpc) is 2.63. The summed E-state index contributed by atoms with van der Waals surface area (Å²) in [6, 6.07) is 0. The second-order valence-electron chi connectivity index (χ2n) is 5.44. The molecule has 1 aliphatic carbocycles. The summed E-state index contributed by atoms with van der Waals surface area (Å²) in [5, 5.41) is 11.6. The number of carbonyl (C=O) groups excluding carboxylic acids is 3. The molecule has 2 aliphatic rings. The molecule has 0 atom stereocenters. The highest BCUT2D eigenvalue weighted by Gasteiger charge is 2.40. The van der Waals surface area contributed by atoms with Crippen molar-refractivity contribution in [1.29, 1.82) is 0 Å². The third-order valence-electron chi connectivity index (χ3n) is 3.92. The summed E-state index contributed by atoms with van der Waals surface area (Å²) in [6.07, 6.45) is 2.59. The van der Waals surface area contributed by atoms with Crippen LogP contribution < -0.4 is 5.32 Å². The molecule has 0 radical (unpaired) electrons. The Labute approximate surface area is 116 Å². The van der Waals surface area contributed by atoms with Crippen LogP contribution in [0.1, 0.15) is 44.9 Å². The molecule has 0 aromatic rings. The van der Waals surface area contributed by atoms with Gasteiger partial charge in [-0.25, -0.2) is 0 Å². The molecule has 7 nitrogen and oxygen atoms in total. The SMILES string of the molecule is O=C(O)CC1(NC(=O)CCN2C(=O)CCC2=O)CCC1. The van der Waals surface area contributed by atoms with Crippen LogP contribution in [0, 0.1) is 0 Å². The van der Waals surface area contributed by atoms with Gasteiger partial charge in [0.1, 0.15) is 0 Å². The van der Waals surface area contributed by atoms with Crippen molar-refractivity contribution in [3.63, 3.8) is 0 Å². The van der Waals surface area contributed by atoms with Crippen molar-refractivity contribution in [3.05, 3.63) is 0 Å². The summed E-state index contributed by atoms with van der Waals surface area (Å²) in [7, 11) is 0. The van der Waals surface area contributed by atoms with E-state index in [1.807, 2.05) is 0 Å². The zero-order valence-electron chi connectivity index (χ0n) is 11.2. The first-order valence-electron chi connectivity index (χ1n) is 6.78. The highest BCUT2D eigenvalue weighted by atomic mass is 16.4. The number of rotatable bonds is 6. The standard InChI is InChI=1S/C13H18N2O5/c16-9(4-7-15-10(17)2-3-11(15)18)14-13(5-1-6-13)8-12(19)20/h1-8H2,(H,14,16)(H,19,20). The first-order chi connectivity index (χ1) is 9.42. The second kappa shape index (κ2) is 5.60. The molecule has 1 saturated carbocycles. The highest BCUT2D eigenvalue weighted by molar-refractivity contribution is 6.02. The predicted molar refractivity (Wildman–Crippen MR) is 67.5 cm³/mol. The Kier molecular flexibility index (Phi) is 4.06. The van der Waals surface area contributed by atoms with Crippen LogP contribution in [0.15, 0.2) is 0 Å². The van der Waals surface area contributed by atoms with Crippen LogP contribution in [0.3, 0.4) is 0 Å². The molecular formula is C13H18N2O5. The van der Waals surface area contributed by atoms with Crippen molar-refractivity contribution in [1.82, 2.24) is 10.2 Å². The van der Waals surface area contributed by atoms with E-state index in [1.54, 1.807) is 0 Å². The van der Waals surface area contributed by atoms with Crippen molar-refractivity contribution >= 4 is 23.7 Å². The Morgan fingerprint density at radius 3 is 2.25 bits per heavy atom. The van der Waals surface area contributed by atoms with Crippen LogP contribution in [0.25, 0.3) is 0 Å². The third-order valence-corrected chi connectivity index (χ3v) is 3.92. The molecule has 2 N–H and O–H groups in total. The maximum atomic E-state index is 11.8. The van der Waals surface area contributed by atoms with Crippen LogP contribution in [-0.4, -0.2) is 45.8 Å². The molecule has 1 aliphatic heterocycles. The fourth-order valence-electron chi connectivity index (χ4n) is 2.68. The molecule has 0 bridgehead atoms. The predicted octanol–water partition coefficient (Wildman–Crippen LogP) is 0.0391. The van der Waals surface area contributed by atoms with Crippen molar-refractivity contribution in [2.75, 3.05) is 6.54 Å². The van der Waals surface area contributed by atoms with Crippen LogP contribution in [-0.2, 0) is 19.2 Å². The zero-order chi connectivity index (χ0) is 14.8. The fraction of sp³-hybridized carbons (Fsp3) is 0.692. The Morgan fingerprint density at radius 2 is 1.80 bits per heavy atom. The maximum Gasteiger partial charge on any atom is 0.305 e. The number of nitrogens with one attached hydrogen (secondary N) is 1. The minimum atomic E-state index is -0.935. The third kappa shape index (κ3) is 3.15. The average molecular weight is 282 g/mol. The molecule has 0 aromatic carbocycles. The summed E-state index contributed by atoms with van der Waals surface area (Å²) in [5.74, 6) is -1.73. The number of carboxylic acid groups (broad SMARTS) is 1. The monoisotopic (exact) mass is 282 g/mol. The molecule has 1 saturated heterocycles. The van der Waals surface area contributed by atoms with E-state index in [1.165, 1.54) is 0 Å². The van der Waals surface area contributed by atoms with E-state index >= 15 is 0 Å². The number of likely N-dealkylation sites (tertiary alicyclic amines) is 1. The van der Waals surface area contributed by atoms with E-state index in [0.29, 0.717) is 12.8 Å². The van der Waals surface area contributed by atoms with Gasteiger partial charge in [-0.1, -0.05) is 0 Å². The lowest BCUT2D eigenvalue weighted by molar-refractivity contribution is -0.140. The number of carboxylic acids is 1. The Morgan fingerprint density at radius 1 is 1.20 bits per heavy atom. The molecule has 1 heterocycles. The summed E-state index contributed by atoms with van der Waals surface area (Å²) >= 11 is 0. The van der Waals surface area contributed by atoms with Crippen molar-refractivity contribution in [3.8, 4) is 0 Å². The summed E-state index contributed by atoms with van der Waals surface area (Å²) < 4.78 is 0. The van der Waals surface area contributed by atoms with E-state index in [0.717, 1.165) is 11.3 Å². The molecule has 110 valence electrons. The number of hydrogen-bond acceptors (Lipinski definition) is 4. The molecule has 3 amide bonds. The van der Waals surface area contributed by atoms with Gasteiger partial charge in [0.05, 0.1) is 12.0 Å². The van der Waals surface area contributed by atoms with E-state index in [2.05, 4.69) is 5.32 Å². The number of imide groups is 1. The summed E-state index contributed by atoms with van der Waals surface area (Å²) in [4.78, 5) is 46.5. The Bertz CT molecular complexity index is 440. The van der Waals surface area contributed by atoms with Gasteiger partial charge in [-0.2, -0.15) is 0 Å². The van der Waals surface area contributed by atoms with Crippen LogP contribution in [0.4, 0.5) is 0 Å². The van der Waals surface area contributed by atoms with Gasteiger partial charge >= 0.3 is 5.97 Å². The van der Waals surface area contributed by atoms with E-state index < -0.39 is 11.5 Å². The molecule has 2 fully saturated rings. The lowest BCUT2D eigenvalue weighted by atomic mass is 9.74. The first-order valence-corrected chi connectivity index (χ1v) is 6.78. The Balaban J connectivity index is 1.81. The number of amides is 3. The number of aliphatic carboxylic acids is 1. The number of hydrogen-bond donors (Lipinski definition) is 2. The lowest BCUT2D eigenvalue weighted by Gasteiger charge is -2.41. The minimum Gasteiger partial charge on any atom is -0.481 e. The quantitative estimate of drug-likeness (QED) is 0.669. The zero-order valence-corrected chi connectivity index (χ0v) is 11.2. The van der Waals surface area contributed by atoms with Crippen molar-refractivity contribution < 1.29 is 24.3 Å². The van der Waals surface area contributed by atoms with Crippen LogP contribution >= 0.6 is 0 Å². The van der Waals surface area contributed by atoms with Gasteiger partial charge in [0.25, 0.3) is 0 Å². The lowest BCUT2D eigenvalue weighted by Crippen LogP contribution is -2.55. The number of carbonyl (C=O) groups is 4. The molecule has 20 heavy (non-hydrogen) atoms. The maximum absolute atomic E-state index is 11.8. The van der Waals surface area contributed by atoms with Gasteiger partial charge in [0, 0.05) is 25.8 Å². The van der Waals surface area contributed by atoms with Crippen molar-refractivity contribution in [2.24, 2.45) is 0 Å². The molecule has 0 aromatic heterocycles. The molecular weight excluding hydrogens is 264 g/mol. The van der Waals surface area contributed by atoms with Gasteiger partial charge in [-0.3, -0.25) is 24.1 Å². The Hall–Kier alpha value is -1.92. The largest absolute Gasteiger partial charge is 0.481 e. The topological polar surface area (TPSA) is 104 Å². The smallest absolute Gasteiger partial charge is 0.305 e. The fourth-order valence-corrected chi connectivity index (χ4v) is 2.68. The van der Waals surface area contributed by atoms with E-state index in [9.17, 15) is 19.2 Å². The van der Waals surface area contributed by atoms with E-state index in [-0.39, 0.29) is 49.9 Å². The summed E-state index contributed by atoms with van der Waals surface area (Å²) in [6.45, 7) is 0.0760. The van der Waals surface area contributed by atoms with E-state index in [4.69, 9.17) is 5.11 Å². The molecule has 0 unspecified atom stereocenters. The van der Waals surface area contributed by atoms with Gasteiger partial charge in [-0.15, -0.1) is 0 Å². The normalized spacial score (nSPS) is 20.7. The van der Waals surface area contributed by atoms with Crippen LogP contribution in [0.2, 0.25) is 0 Å². The highest BCUT2D eigenvalue weighted by Crippen LogP contribution is 2.34. The second-order valence-corrected chi connectivity index (χ2v) is 5.44. The minimum absolute atomic E-state index is 0.0266. The molecule has 2 rings (SSSR count). The van der Waals surface area contributed by atoms with Gasteiger partial charge < -0.3 is 10.4 Å².